The summed E-state index contributed by atoms with van der Waals surface area (Å²) in [5.74, 6) is -8.11. The van der Waals surface area contributed by atoms with Crippen molar-refractivity contribution in [3.63, 3.8) is 0 Å². The van der Waals surface area contributed by atoms with E-state index in [9.17, 15) is 57.8 Å². The van der Waals surface area contributed by atoms with Gasteiger partial charge in [-0.1, -0.05) is 67.8 Å². The van der Waals surface area contributed by atoms with Crippen molar-refractivity contribution in [1.29, 1.82) is 0 Å². The molecule has 394 valence electrons. The molecule has 2 fully saturated rings. The minimum atomic E-state index is -1.51. The van der Waals surface area contributed by atoms with E-state index in [1.807, 2.05) is 13.8 Å². The minimum Gasteiger partial charge on any atom is -0.508 e. The Bertz CT molecular complexity index is 2060. The largest absolute Gasteiger partial charge is 0.508 e. The molecule has 8 atom stereocenters. The molecule has 2 heterocycles. The first kappa shape index (κ1) is 59.2. The van der Waals surface area contributed by atoms with Crippen molar-refractivity contribution in [3.8, 4) is 5.75 Å². The zero-order valence-electron chi connectivity index (χ0n) is 40.8. The molecule has 23 nitrogen and oxygen atoms in total. The van der Waals surface area contributed by atoms with Gasteiger partial charge in [0.05, 0.1) is 6.54 Å². The average molecular weight is 1030 g/mol. The third kappa shape index (κ3) is 20.6. The normalized spacial score (nSPS) is 23.1. The molecule has 0 unspecified atom stereocenters. The van der Waals surface area contributed by atoms with Crippen LogP contribution in [0.3, 0.4) is 0 Å². The molecule has 2 aliphatic heterocycles. The van der Waals surface area contributed by atoms with Crippen molar-refractivity contribution in [1.82, 2.24) is 42.1 Å². The number of rotatable bonds is 19. The molecule has 0 spiro atoms. The number of primary amides is 3. The van der Waals surface area contributed by atoms with Gasteiger partial charge in [0.25, 0.3) is 0 Å². The number of benzene rings is 1. The predicted octanol–water partition coefficient (Wildman–Crippen LogP) is -1.38. The van der Waals surface area contributed by atoms with Crippen LogP contribution in [0.2, 0.25) is 0 Å². The van der Waals surface area contributed by atoms with Gasteiger partial charge >= 0.3 is 0 Å². The van der Waals surface area contributed by atoms with Crippen molar-refractivity contribution in [2.24, 2.45) is 29.0 Å². The molecule has 11 amide bonds. The molecule has 3 rings (SSSR count). The fraction of sp³-hybridized carbons (Fsp3) is 0.630. The highest BCUT2D eigenvalue weighted by Gasteiger charge is 2.40. The smallest absolute Gasteiger partial charge is 0.245 e. The molecule has 14 N–H and O–H groups in total. The van der Waals surface area contributed by atoms with Crippen LogP contribution in [0.15, 0.2) is 24.3 Å². The number of phenols is 1. The second kappa shape index (κ2) is 29.9. The summed E-state index contributed by atoms with van der Waals surface area (Å²) in [5.41, 5.74) is 16.7. The number of nitrogens with one attached hydrogen (secondary N) is 7. The maximum Gasteiger partial charge on any atom is 0.245 e. The Morgan fingerprint density at radius 3 is 2.01 bits per heavy atom. The molecule has 2 saturated heterocycles. The van der Waals surface area contributed by atoms with Gasteiger partial charge in [-0.2, -0.15) is 0 Å². The molecule has 2 aliphatic rings. The minimum absolute atomic E-state index is 0.0114. The van der Waals surface area contributed by atoms with Crippen molar-refractivity contribution in [3.05, 3.63) is 29.8 Å². The van der Waals surface area contributed by atoms with Gasteiger partial charge in [-0.15, -0.1) is 0 Å². The summed E-state index contributed by atoms with van der Waals surface area (Å²) in [6.45, 7) is 6.81. The number of likely N-dealkylation sites (tertiary alicyclic amines) is 1. The second-order valence-electron chi connectivity index (χ2n) is 18.2. The van der Waals surface area contributed by atoms with Crippen molar-refractivity contribution in [2.75, 3.05) is 24.6 Å². The third-order valence-corrected chi connectivity index (χ3v) is 14.3. The summed E-state index contributed by atoms with van der Waals surface area (Å²) >= 11 is 0. The molecule has 71 heavy (non-hydrogen) atoms. The number of aromatic hydroxyl groups is 1. The van der Waals surface area contributed by atoms with Gasteiger partial charge in [0, 0.05) is 43.7 Å². The molecule has 0 saturated carbocycles. The zero-order chi connectivity index (χ0) is 52.8. The lowest BCUT2D eigenvalue weighted by Gasteiger charge is -2.31. The first-order valence-electron chi connectivity index (χ1n) is 23.9. The fourth-order valence-corrected chi connectivity index (χ4v) is 9.94. The maximum absolute atomic E-state index is 14.6. The fourth-order valence-electron chi connectivity index (χ4n) is 7.86. The number of nitrogens with two attached hydrogens (primary N) is 3. The van der Waals surface area contributed by atoms with Crippen LogP contribution >= 0.6 is 21.6 Å². The van der Waals surface area contributed by atoms with Crippen molar-refractivity contribution >= 4 is 86.6 Å². The summed E-state index contributed by atoms with van der Waals surface area (Å²) in [4.78, 5) is 148. The summed E-state index contributed by atoms with van der Waals surface area (Å²) in [6.07, 6.45) is 0.0834. The SMILES string of the molecule is CC[C@H](C)[C@H]1NC(=O)[C@H](Cc2ccc(O)cc2)NC(=O)CCSSCC[C@H](C(=O)N2CCC[C@@H]2C(=O)N[C@@H](CC(C)C)C(=O)NCC(N)=O)NC(=O)[C@@H](CCC(N)=O)NC(=O)[C@@H](CCCC(N)=O)NC1=O. The zero-order valence-corrected chi connectivity index (χ0v) is 42.4. The number of amides is 11. The van der Waals surface area contributed by atoms with E-state index in [1.165, 1.54) is 38.6 Å². The highest BCUT2D eigenvalue weighted by molar-refractivity contribution is 8.76. The quantitative estimate of drug-likeness (QED) is 0.0713. The standard InChI is InChI=1S/C46H71N11O12S2/c1-5-26(4)39-45(68)53-29(8-6-10-35(47)59)41(64)52-30(15-16-36(48)60)42(65)54-31(17-20-70-71-21-18-38(62)51-33(43(66)56-39)23-27-11-13-28(58)14-12-27)46(69)57-19-7-9-34(57)44(67)55-32(22-25(2)3)40(63)50-24-37(49)61/h11-14,25-26,29-34,39,58H,5-10,15-24H2,1-4H3,(H2,47,59)(H2,48,60)(H2,49,61)(H,50,63)(H,51,62)(H,52,64)(H,53,68)(H,54,65)(H,55,67)(H,56,66)/t26-,29+,30+,31+,32-,33-,34+,39+/m0/s1. The van der Waals surface area contributed by atoms with Gasteiger partial charge in [0.2, 0.25) is 65.0 Å². The Labute approximate surface area is 421 Å². The number of hydrogen-bond acceptors (Lipinski definition) is 14. The number of hydrogen-bond donors (Lipinski definition) is 11. The van der Waals surface area contributed by atoms with Gasteiger partial charge < -0.3 is 64.4 Å². The maximum atomic E-state index is 14.6. The van der Waals surface area contributed by atoms with Gasteiger partial charge in [-0.05, 0) is 74.5 Å². The summed E-state index contributed by atoms with van der Waals surface area (Å²) < 4.78 is 0. The summed E-state index contributed by atoms with van der Waals surface area (Å²) in [7, 11) is 2.57. The third-order valence-electron chi connectivity index (χ3n) is 11.9. The molecular weight excluding hydrogens is 963 g/mol. The van der Waals surface area contributed by atoms with E-state index in [-0.39, 0.29) is 93.9 Å². The first-order chi connectivity index (χ1) is 33.6. The monoisotopic (exact) mass is 1030 g/mol. The van der Waals surface area contributed by atoms with Crippen LogP contribution in [-0.2, 0) is 59.2 Å². The molecule has 1 aromatic rings. The van der Waals surface area contributed by atoms with E-state index in [1.54, 1.807) is 26.0 Å². The van der Waals surface area contributed by atoms with Gasteiger partial charge in [0.15, 0.2) is 0 Å². The van der Waals surface area contributed by atoms with Gasteiger partial charge in [-0.25, -0.2) is 0 Å². The predicted molar refractivity (Wildman–Crippen MR) is 265 cm³/mol. The number of carbonyl (C=O) groups excluding carboxylic acids is 11. The lowest BCUT2D eigenvalue weighted by molar-refractivity contribution is -0.142. The Kier molecular flexibility index (Phi) is 25.0. The highest BCUT2D eigenvalue weighted by Crippen LogP contribution is 2.26. The average Bonchev–Trinajstić information content (AvgIpc) is 3.81. The van der Waals surface area contributed by atoms with Gasteiger partial charge in [-0.3, -0.25) is 52.7 Å². The summed E-state index contributed by atoms with van der Waals surface area (Å²) in [6, 6.07) is -2.77. The molecule has 0 bridgehead atoms. The van der Waals surface area contributed by atoms with Crippen LogP contribution in [0.1, 0.15) is 104 Å². The molecule has 0 aliphatic carbocycles. The van der Waals surface area contributed by atoms with Crippen molar-refractivity contribution < 1.29 is 57.8 Å². The highest BCUT2D eigenvalue weighted by atomic mass is 33.1. The topological polar surface area (TPSA) is 374 Å². The molecule has 1 aromatic carbocycles. The Morgan fingerprint density at radius 1 is 0.761 bits per heavy atom. The Hall–Kier alpha value is -6.11. The van der Waals surface area contributed by atoms with Crippen molar-refractivity contribution in [2.45, 2.75) is 147 Å². The van der Waals surface area contributed by atoms with Crippen LogP contribution in [0, 0.1) is 11.8 Å². The second-order valence-corrected chi connectivity index (χ2v) is 20.9. The number of nitrogens with zero attached hydrogens (tertiary/aromatic N) is 1. The van der Waals surface area contributed by atoms with E-state index in [4.69, 9.17) is 17.2 Å². The number of phenolic OH excluding ortho intramolecular Hbond substituents is 1. The van der Waals surface area contributed by atoms with Crippen LogP contribution in [-0.4, -0.2) is 142 Å². The van der Waals surface area contributed by atoms with E-state index >= 15 is 0 Å². The van der Waals surface area contributed by atoms with E-state index in [0.717, 1.165) is 0 Å². The summed E-state index contributed by atoms with van der Waals surface area (Å²) in [5, 5.41) is 28.4. The van der Waals surface area contributed by atoms with Gasteiger partial charge in [0.1, 0.15) is 48.0 Å². The van der Waals surface area contributed by atoms with E-state index < -0.39 is 120 Å². The molecular formula is C46H71N11O12S2. The Balaban J connectivity index is 2.03. The molecule has 0 radical (unpaired) electrons. The molecule has 25 heteroatoms. The Morgan fingerprint density at radius 2 is 1.38 bits per heavy atom. The van der Waals surface area contributed by atoms with E-state index in [2.05, 4.69) is 37.2 Å². The first-order valence-corrected chi connectivity index (χ1v) is 26.3. The lowest BCUT2D eigenvalue weighted by Crippen LogP contribution is -2.61. The van der Waals surface area contributed by atoms with Crippen LogP contribution < -0.4 is 54.4 Å². The van der Waals surface area contributed by atoms with Crippen LogP contribution in [0.5, 0.6) is 5.75 Å². The lowest BCUT2D eigenvalue weighted by atomic mass is 9.96. The molecule has 0 aromatic heterocycles. The van der Waals surface area contributed by atoms with Crippen LogP contribution in [0.4, 0.5) is 0 Å². The van der Waals surface area contributed by atoms with Crippen LogP contribution in [0.25, 0.3) is 0 Å². The number of carbonyl (C=O) groups is 11. The van der Waals surface area contributed by atoms with E-state index in [0.29, 0.717) is 18.4 Å².